The van der Waals surface area contributed by atoms with E-state index in [4.69, 9.17) is 10.5 Å². The van der Waals surface area contributed by atoms with Gasteiger partial charge >= 0.3 is 0 Å². The summed E-state index contributed by atoms with van der Waals surface area (Å²) in [7, 11) is 1.71. The molecule has 1 aromatic carbocycles. The molecule has 19 heavy (non-hydrogen) atoms. The van der Waals surface area contributed by atoms with Crippen molar-refractivity contribution in [1.82, 2.24) is 5.32 Å². The third-order valence-electron chi connectivity index (χ3n) is 4.22. The maximum absolute atomic E-state index is 12.3. The summed E-state index contributed by atoms with van der Waals surface area (Å²) in [5.41, 5.74) is 7.92. The summed E-state index contributed by atoms with van der Waals surface area (Å²) in [6.45, 7) is 6.16. The lowest BCUT2D eigenvalue weighted by atomic mass is 9.64. The normalized spacial score (nSPS) is 24.6. The summed E-state index contributed by atoms with van der Waals surface area (Å²) in [4.78, 5) is 12.3. The number of methoxy groups -OCH3 is 1. The van der Waals surface area contributed by atoms with E-state index in [-0.39, 0.29) is 23.5 Å². The molecule has 2 unspecified atom stereocenters. The average Bonchev–Trinajstić information content (AvgIpc) is 2.36. The van der Waals surface area contributed by atoms with Crippen molar-refractivity contribution < 1.29 is 9.53 Å². The molecular formula is C15H22N2O2. The van der Waals surface area contributed by atoms with Gasteiger partial charge in [0, 0.05) is 24.3 Å². The lowest BCUT2D eigenvalue weighted by molar-refractivity contribution is -0.0942. The minimum Gasteiger partial charge on any atom is -0.398 e. The molecule has 1 saturated carbocycles. The highest BCUT2D eigenvalue weighted by atomic mass is 16.5. The number of aryl methyl sites for hydroxylation is 1. The molecule has 2 atom stereocenters. The fraction of sp³-hybridized carbons (Fsp3) is 0.533. The second-order valence-electron chi connectivity index (χ2n) is 5.90. The quantitative estimate of drug-likeness (QED) is 0.820. The van der Waals surface area contributed by atoms with Gasteiger partial charge in [-0.2, -0.15) is 0 Å². The lowest BCUT2D eigenvalue weighted by Gasteiger charge is -2.51. The number of rotatable bonds is 3. The molecule has 0 bridgehead atoms. The number of anilines is 1. The Bertz CT molecular complexity index is 497. The molecule has 0 spiro atoms. The van der Waals surface area contributed by atoms with Crippen LogP contribution < -0.4 is 11.1 Å². The van der Waals surface area contributed by atoms with Crippen LogP contribution in [0.25, 0.3) is 0 Å². The van der Waals surface area contributed by atoms with Crippen molar-refractivity contribution in [2.45, 2.75) is 39.3 Å². The number of carbonyl (C=O) groups is 1. The highest BCUT2D eigenvalue weighted by molar-refractivity contribution is 5.99. The second-order valence-corrected chi connectivity index (χ2v) is 5.90. The first-order valence-electron chi connectivity index (χ1n) is 6.56. The molecule has 0 saturated heterocycles. The Kier molecular flexibility index (Phi) is 3.54. The number of hydrogen-bond donors (Lipinski definition) is 2. The van der Waals surface area contributed by atoms with Crippen LogP contribution in [0, 0.1) is 12.3 Å². The lowest BCUT2D eigenvalue weighted by Crippen LogP contribution is -2.61. The molecule has 1 aliphatic rings. The molecule has 3 N–H and O–H groups in total. The van der Waals surface area contributed by atoms with Gasteiger partial charge in [-0.05, 0) is 25.5 Å². The van der Waals surface area contributed by atoms with E-state index in [0.29, 0.717) is 11.3 Å². The van der Waals surface area contributed by atoms with E-state index in [9.17, 15) is 4.79 Å². The van der Waals surface area contributed by atoms with Gasteiger partial charge in [-0.3, -0.25) is 4.79 Å². The molecule has 4 heteroatoms. The highest BCUT2D eigenvalue weighted by Crippen LogP contribution is 2.42. The van der Waals surface area contributed by atoms with Crippen LogP contribution in [0.4, 0.5) is 5.69 Å². The molecule has 0 radical (unpaired) electrons. The third kappa shape index (κ3) is 2.45. The Balaban J connectivity index is 2.09. The Morgan fingerprint density at radius 2 is 2.16 bits per heavy atom. The average molecular weight is 262 g/mol. The van der Waals surface area contributed by atoms with Gasteiger partial charge in [-0.15, -0.1) is 0 Å². The smallest absolute Gasteiger partial charge is 0.253 e. The summed E-state index contributed by atoms with van der Waals surface area (Å²) >= 11 is 0. The van der Waals surface area contributed by atoms with Crippen molar-refractivity contribution in [2.24, 2.45) is 5.41 Å². The second kappa shape index (κ2) is 4.85. The van der Waals surface area contributed by atoms with Crippen molar-refractivity contribution in [1.29, 1.82) is 0 Å². The van der Waals surface area contributed by atoms with E-state index < -0.39 is 0 Å². The van der Waals surface area contributed by atoms with Gasteiger partial charge in [0.1, 0.15) is 0 Å². The fourth-order valence-electron chi connectivity index (χ4n) is 2.63. The molecule has 0 aromatic heterocycles. The van der Waals surface area contributed by atoms with E-state index in [2.05, 4.69) is 19.2 Å². The van der Waals surface area contributed by atoms with E-state index in [1.54, 1.807) is 13.2 Å². The van der Waals surface area contributed by atoms with Gasteiger partial charge in [0.25, 0.3) is 5.91 Å². The van der Waals surface area contributed by atoms with Crippen LogP contribution in [0.3, 0.4) is 0 Å². The van der Waals surface area contributed by atoms with E-state index in [1.807, 2.05) is 19.1 Å². The van der Waals surface area contributed by atoms with Crippen LogP contribution in [0.2, 0.25) is 0 Å². The van der Waals surface area contributed by atoms with Crippen molar-refractivity contribution in [3.8, 4) is 0 Å². The maximum atomic E-state index is 12.3. The van der Waals surface area contributed by atoms with Gasteiger partial charge in [0.2, 0.25) is 0 Å². The van der Waals surface area contributed by atoms with E-state index in [1.165, 1.54) is 0 Å². The number of ether oxygens (including phenoxy) is 1. The van der Waals surface area contributed by atoms with Crippen molar-refractivity contribution in [3.63, 3.8) is 0 Å². The Hall–Kier alpha value is -1.55. The summed E-state index contributed by atoms with van der Waals surface area (Å²) in [5, 5.41) is 3.06. The Labute approximate surface area is 114 Å². The van der Waals surface area contributed by atoms with E-state index in [0.717, 1.165) is 12.0 Å². The van der Waals surface area contributed by atoms with Crippen LogP contribution >= 0.6 is 0 Å². The minimum atomic E-state index is -0.103. The Morgan fingerprint density at radius 3 is 2.74 bits per heavy atom. The molecule has 1 aromatic rings. The number of amides is 1. The molecule has 1 fully saturated rings. The van der Waals surface area contributed by atoms with Gasteiger partial charge in [-0.25, -0.2) is 0 Å². The van der Waals surface area contributed by atoms with Gasteiger partial charge < -0.3 is 15.8 Å². The number of nitrogen functional groups attached to an aromatic ring is 1. The number of hydrogen-bond acceptors (Lipinski definition) is 3. The monoisotopic (exact) mass is 262 g/mol. The maximum Gasteiger partial charge on any atom is 0.253 e. The number of nitrogens with one attached hydrogen (secondary N) is 1. The zero-order chi connectivity index (χ0) is 14.2. The number of benzene rings is 1. The largest absolute Gasteiger partial charge is 0.398 e. The van der Waals surface area contributed by atoms with Crippen LogP contribution in [-0.2, 0) is 4.74 Å². The summed E-state index contributed by atoms with van der Waals surface area (Å²) in [6, 6.07) is 5.63. The Morgan fingerprint density at radius 1 is 1.47 bits per heavy atom. The molecular weight excluding hydrogens is 240 g/mol. The highest BCUT2D eigenvalue weighted by Gasteiger charge is 2.49. The molecule has 1 aliphatic carbocycles. The van der Waals surface area contributed by atoms with Crippen molar-refractivity contribution >= 4 is 11.6 Å². The topological polar surface area (TPSA) is 64.3 Å². The van der Waals surface area contributed by atoms with Crippen molar-refractivity contribution in [3.05, 3.63) is 29.3 Å². The van der Waals surface area contributed by atoms with Gasteiger partial charge in [0.05, 0.1) is 11.7 Å². The number of nitrogens with two attached hydrogens (primary N) is 1. The predicted octanol–water partition coefficient (Wildman–Crippen LogP) is 2.12. The zero-order valence-corrected chi connectivity index (χ0v) is 12.0. The summed E-state index contributed by atoms with van der Waals surface area (Å²) in [5.74, 6) is -0.103. The first kappa shape index (κ1) is 13.9. The molecule has 0 aliphatic heterocycles. The fourth-order valence-corrected chi connectivity index (χ4v) is 2.63. The molecule has 104 valence electrons. The van der Waals surface area contributed by atoms with Crippen LogP contribution in [0.1, 0.15) is 36.2 Å². The SMILES string of the molecule is COC1CC(NC(=O)c2cc(C)ccc2N)C1(C)C. The standard InChI is InChI=1S/C15H22N2O2/c1-9-5-6-11(16)10(7-9)14(18)17-12-8-13(19-4)15(12,2)3/h5-7,12-13H,8,16H2,1-4H3,(H,17,18). The predicted molar refractivity (Wildman–Crippen MR) is 76.0 cm³/mol. The van der Waals surface area contributed by atoms with Crippen LogP contribution in [0.15, 0.2) is 18.2 Å². The van der Waals surface area contributed by atoms with Gasteiger partial charge in [-0.1, -0.05) is 25.5 Å². The summed E-state index contributed by atoms with van der Waals surface area (Å²) in [6.07, 6.45) is 1.05. The molecule has 4 nitrogen and oxygen atoms in total. The zero-order valence-electron chi connectivity index (χ0n) is 12.0. The number of carbonyl (C=O) groups excluding carboxylic acids is 1. The van der Waals surface area contributed by atoms with Gasteiger partial charge in [0.15, 0.2) is 0 Å². The molecule has 2 rings (SSSR count). The first-order valence-corrected chi connectivity index (χ1v) is 6.56. The minimum absolute atomic E-state index is 0.0387. The molecule has 0 heterocycles. The van der Waals surface area contributed by atoms with E-state index >= 15 is 0 Å². The van der Waals surface area contributed by atoms with Crippen LogP contribution in [-0.4, -0.2) is 25.2 Å². The molecule has 1 amide bonds. The third-order valence-corrected chi connectivity index (χ3v) is 4.22. The first-order chi connectivity index (χ1) is 8.86. The van der Waals surface area contributed by atoms with Crippen molar-refractivity contribution in [2.75, 3.05) is 12.8 Å². The van der Waals surface area contributed by atoms with Crippen LogP contribution in [0.5, 0.6) is 0 Å². The summed E-state index contributed by atoms with van der Waals surface area (Å²) < 4.78 is 5.39.